The average molecular weight is 511 g/mol. The largest absolute Gasteiger partial charge is 0.457 e. The summed E-state index contributed by atoms with van der Waals surface area (Å²) < 4.78 is 8.70. The molecule has 7 rings (SSSR count). The second-order valence-corrected chi connectivity index (χ2v) is 11.1. The van der Waals surface area contributed by atoms with Crippen molar-refractivity contribution in [2.24, 2.45) is 0 Å². The molecule has 6 aromatic rings. The minimum absolute atomic E-state index is 0.0289. The van der Waals surface area contributed by atoms with Gasteiger partial charge < -0.3 is 15.0 Å². The lowest BCUT2D eigenvalue weighted by molar-refractivity contribution is 0.483. The molecule has 5 heteroatoms. The molecule has 4 aromatic carbocycles. The maximum absolute atomic E-state index is 6.46. The summed E-state index contributed by atoms with van der Waals surface area (Å²) in [5.41, 5.74) is 6.88. The number of benzene rings is 4. The van der Waals surface area contributed by atoms with Crippen molar-refractivity contribution in [3.8, 4) is 17.3 Å². The molecule has 0 radical (unpaired) electrons. The Morgan fingerprint density at radius 3 is 2.44 bits per heavy atom. The van der Waals surface area contributed by atoms with Crippen molar-refractivity contribution < 1.29 is 4.74 Å². The second kappa shape index (κ2) is 8.91. The van der Waals surface area contributed by atoms with Gasteiger partial charge in [0.25, 0.3) is 0 Å². The van der Waals surface area contributed by atoms with E-state index < -0.39 is 0 Å². The Morgan fingerprint density at radius 2 is 1.54 bits per heavy atom. The van der Waals surface area contributed by atoms with Crippen molar-refractivity contribution in [3.05, 3.63) is 115 Å². The summed E-state index contributed by atoms with van der Waals surface area (Å²) in [4.78, 5) is 7.06. The first-order chi connectivity index (χ1) is 19.0. The molecule has 0 amide bonds. The smallest absolute Gasteiger partial charge is 0.137 e. The molecule has 0 aliphatic carbocycles. The van der Waals surface area contributed by atoms with Crippen LogP contribution in [0.3, 0.4) is 0 Å². The van der Waals surface area contributed by atoms with Gasteiger partial charge in [-0.25, -0.2) is 4.98 Å². The zero-order valence-electron chi connectivity index (χ0n) is 22.3. The van der Waals surface area contributed by atoms with E-state index in [9.17, 15) is 0 Å². The highest BCUT2D eigenvalue weighted by Crippen LogP contribution is 2.39. The van der Waals surface area contributed by atoms with E-state index in [-0.39, 0.29) is 5.41 Å². The number of ether oxygens (including phenoxy) is 1. The highest BCUT2D eigenvalue weighted by Gasteiger charge is 2.20. The summed E-state index contributed by atoms with van der Waals surface area (Å²) in [5, 5.41) is 5.84. The van der Waals surface area contributed by atoms with E-state index in [1.165, 1.54) is 22.0 Å². The fourth-order valence-corrected chi connectivity index (χ4v) is 5.46. The first kappa shape index (κ1) is 23.4. The maximum atomic E-state index is 6.46. The first-order valence-electron chi connectivity index (χ1n) is 13.3. The summed E-state index contributed by atoms with van der Waals surface area (Å²) in [6.07, 6.45) is 1.91. The molecule has 0 atom stereocenters. The zero-order valence-corrected chi connectivity index (χ0v) is 22.3. The van der Waals surface area contributed by atoms with Crippen molar-refractivity contribution in [1.82, 2.24) is 9.55 Å². The Balaban J connectivity index is 1.30. The van der Waals surface area contributed by atoms with Gasteiger partial charge >= 0.3 is 0 Å². The van der Waals surface area contributed by atoms with Gasteiger partial charge in [-0.1, -0.05) is 57.2 Å². The minimum atomic E-state index is 0.0289. The molecule has 3 heterocycles. The van der Waals surface area contributed by atoms with Crippen LogP contribution in [0.4, 0.5) is 17.1 Å². The number of pyridine rings is 1. The van der Waals surface area contributed by atoms with Crippen LogP contribution in [0, 0.1) is 0 Å². The molecular formula is C34H30N4O. The van der Waals surface area contributed by atoms with E-state index in [0.717, 1.165) is 46.4 Å². The monoisotopic (exact) mass is 510 g/mol. The zero-order chi connectivity index (χ0) is 26.6. The lowest BCUT2D eigenvalue weighted by atomic mass is 9.88. The van der Waals surface area contributed by atoms with Crippen molar-refractivity contribution in [2.45, 2.75) is 26.2 Å². The van der Waals surface area contributed by atoms with Gasteiger partial charge in [0.15, 0.2) is 0 Å². The molecule has 1 aliphatic rings. The maximum Gasteiger partial charge on any atom is 0.137 e. The standard InChI is InChI=1S/C34H30N4O/c1-34(2,3)23-17-18-35-33(19-23)38-30-13-6-4-11-27(30)28-16-15-26(21-32(28)38)39-25-10-8-9-24(20-25)37-22-36-29-12-5-7-14-31(29)37/h4-21,36H,22H2,1-3H3. The third kappa shape index (κ3) is 4.07. The fraction of sp³-hybridized carbons (Fsp3) is 0.147. The van der Waals surface area contributed by atoms with Gasteiger partial charge in [0.05, 0.1) is 29.1 Å². The van der Waals surface area contributed by atoms with Gasteiger partial charge in [-0.15, -0.1) is 0 Å². The molecule has 0 spiro atoms. The van der Waals surface area contributed by atoms with Gasteiger partial charge in [0, 0.05) is 34.8 Å². The average Bonchev–Trinajstić information content (AvgIpc) is 3.52. The number of rotatable bonds is 4. The predicted molar refractivity (Wildman–Crippen MR) is 161 cm³/mol. The van der Waals surface area contributed by atoms with E-state index in [4.69, 9.17) is 9.72 Å². The number of aromatic nitrogens is 2. The lowest BCUT2D eigenvalue weighted by Crippen LogP contribution is -2.16. The molecule has 5 nitrogen and oxygen atoms in total. The van der Waals surface area contributed by atoms with E-state index in [2.05, 4.69) is 127 Å². The van der Waals surface area contributed by atoms with Gasteiger partial charge in [-0.05, 0) is 65.6 Å². The highest BCUT2D eigenvalue weighted by atomic mass is 16.5. The van der Waals surface area contributed by atoms with Crippen molar-refractivity contribution in [2.75, 3.05) is 16.9 Å². The SMILES string of the molecule is CC(C)(C)c1ccnc(-n2c3ccccc3c3ccc(Oc4cccc(N5CNc6ccccc65)c4)cc32)c1. The van der Waals surface area contributed by atoms with Crippen molar-refractivity contribution >= 4 is 38.9 Å². The molecule has 0 saturated heterocycles. The number of nitrogens with zero attached hydrogens (tertiary/aromatic N) is 3. The van der Waals surface area contributed by atoms with Gasteiger partial charge in [0.1, 0.15) is 17.3 Å². The predicted octanol–water partition coefficient (Wildman–Crippen LogP) is 8.79. The van der Waals surface area contributed by atoms with Crippen LogP contribution < -0.4 is 15.0 Å². The molecule has 0 bridgehead atoms. The van der Waals surface area contributed by atoms with Crippen LogP contribution in [0.25, 0.3) is 27.6 Å². The van der Waals surface area contributed by atoms with E-state index in [1.54, 1.807) is 0 Å². The van der Waals surface area contributed by atoms with E-state index in [1.807, 2.05) is 18.3 Å². The fourth-order valence-electron chi connectivity index (χ4n) is 5.46. The molecule has 2 aromatic heterocycles. The van der Waals surface area contributed by atoms with Crippen LogP contribution in [0.1, 0.15) is 26.3 Å². The Hall–Kier alpha value is -4.77. The van der Waals surface area contributed by atoms with Crippen LogP contribution in [0.5, 0.6) is 11.5 Å². The second-order valence-electron chi connectivity index (χ2n) is 11.1. The number of hydrogen-bond donors (Lipinski definition) is 1. The Morgan fingerprint density at radius 1 is 0.744 bits per heavy atom. The molecule has 192 valence electrons. The van der Waals surface area contributed by atoms with Crippen molar-refractivity contribution in [3.63, 3.8) is 0 Å². The third-order valence-electron chi connectivity index (χ3n) is 7.47. The van der Waals surface area contributed by atoms with Crippen molar-refractivity contribution in [1.29, 1.82) is 0 Å². The molecular weight excluding hydrogens is 480 g/mol. The van der Waals surface area contributed by atoms with Crippen LogP contribution >= 0.6 is 0 Å². The first-order valence-corrected chi connectivity index (χ1v) is 13.3. The quantitative estimate of drug-likeness (QED) is 0.257. The van der Waals surface area contributed by atoms with Crippen LogP contribution in [-0.4, -0.2) is 16.2 Å². The number of fused-ring (bicyclic) bond motifs is 4. The van der Waals surface area contributed by atoms with Crippen LogP contribution in [0.15, 0.2) is 109 Å². The Kier molecular flexibility index (Phi) is 5.34. The van der Waals surface area contributed by atoms with Gasteiger partial charge in [-0.3, -0.25) is 4.57 Å². The molecule has 1 aliphatic heterocycles. The Labute approximate surface area is 228 Å². The number of para-hydroxylation sites is 3. The molecule has 0 saturated carbocycles. The summed E-state index contributed by atoms with van der Waals surface area (Å²) in [6.45, 7) is 7.42. The summed E-state index contributed by atoms with van der Waals surface area (Å²) in [6, 6.07) is 35.8. The van der Waals surface area contributed by atoms with E-state index >= 15 is 0 Å². The third-order valence-corrected chi connectivity index (χ3v) is 7.47. The van der Waals surface area contributed by atoms with E-state index in [0.29, 0.717) is 0 Å². The minimum Gasteiger partial charge on any atom is -0.457 e. The topological polar surface area (TPSA) is 42.3 Å². The molecule has 39 heavy (non-hydrogen) atoms. The summed E-state index contributed by atoms with van der Waals surface area (Å²) in [7, 11) is 0. The normalized spacial score (nSPS) is 13.1. The molecule has 1 N–H and O–H groups in total. The number of nitrogens with one attached hydrogen (secondary N) is 1. The molecule has 0 fully saturated rings. The van der Waals surface area contributed by atoms with Gasteiger partial charge in [-0.2, -0.15) is 0 Å². The lowest BCUT2D eigenvalue weighted by Gasteiger charge is -2.20. The molecule has 0 unspecified atom stereocenters. The van der Waals surface area contributed by atoms with Gasteiger partial charge in [0.2, 0.25) is 0 Å². The van der Waals surface area contributed by atoms with Crippen LogP contribution in [0.2, 0.25) is 0 Å². The Bertz CT molecular complexity index is 1850. The highest BCUT2D eigenvalue weighted by molar-refractivity contribution is 6.09. The summed E-state index contributed by atoms with van der Waals surface area (Å²) in [5.74, 6) is 2.50. The van der Waals surface area contributed by atoms with Crippen LogP contribution in [-0.2, 0) is 5.41 Å². The number of hydrogen-bond acceptors (Lipinski definition) is 4. The number of anilines is 3. The summed E-state index contributed by atoms with van der Waals surface area (Å²) >= 11 is 0.